The monoisotopic (exact) mass is 671 g/mol. The Morgan fingerprint density at radius 3 is 0.917 bits per heavy atom. The predicted octanol–water partition coefficient (Wildman–Crippen LogP) is 8.49. The van der Waals surface area contributed by atoms with Crippen LogP contribution < -0.4 is 31.8 Å². The molecule has 0 spiro atoms. The number of halogens is 4. The van der Waals surface area contributed by atoms with Crippen LogP contribution in [0, 0.1) is 23.3 Å². The Labute approximate surface area is 279 Å². The molecule has 1 nitrogen and oxygen atoms in total. The average Bonchev–Trinajstić information content (AvgIpc) is 3.12. The normalized spacial score (nSPS) is 11.3. The summed E-state index contributed by atoms with van der Waals surface area (Å²) >= 11 is 0. The van der Waals surface area contributed by atoms with Crippen molar-refractivity contribution in [1.82, 2.24) is 4.98 Å². The van der Waals surface area contributed by atoms with Gasteiger partial charge in [-0.25, -0.2) is 22.5 Å². The predicted molar refractivity (Wildman–Crippen MR) is 192 cm³/mol. The smallest absolute Gasteiger partial charge is 0.123 e. The van der Waals surface area contributed by atoms with Gasteiger partial charge >= 0.3 is 0 Å². The first kappa shape index (κ1) is 31.6. The Morgan fingerprint density at radius 1 is 0.312 bits per heavy atom. The van der Waals surface area contributed by atoms with Gasteiger partial charge in [-0.3, -0.25) is 0 Å². The summed E-state index contributed by atoms with van der Waals surface area (Å²) in [5, 5.41) is 5.86. The average molecular weight is 672 g/mol. The van der Waals surface area contributed by atoms with Gasteiger partial charge in [0, 0.05) is 11.1 Å². The van der Waals surface area contributed by atoms with Crippen molar-refractivity contribution in [2.75, 3.05) is 0 Å². The fourth-order valence-electron chi connectivity index (χ4n) is 5.62. The minimum atomic E-state index is -1.10. The molecule has 48 heavy (non-hydrogen) atoms. The van der Waals surface area contributed by atoms with Crippen LogP contribution in [0.1, 0.15) is 0 Å². The largest absolute Gasteiger partial charge is 0.248 e. The zero-order chi connectivity index (χ0) is 33.0. The molecule has 1 aromatic heterocycles. The fraction of sp³-hybridized carbons (Fsp3) is 0. The molecule has 0 atom stereocenters. The highest BCUT2D eigenvalue weighted by Gasteiger charge is 2.20. The second-order valence-electron chi connectivity index (χ2n) is 11.1. The summed E-state index contributed by atoms with van der Waals surface area (Å²) in [6.45, 7) is 0. The van der Waals surface area contributed by atoms with Gasteiger partial charge < -0.3 is 0 Å². The molecule has 0 saturated carbocycles. The van der Waals surface area contributed by atoms with Crippen LogP contribution in [0.25, 0.3) is 22.5 Å². The summed E-state index contributed by atoms with van der Waals surface area (Å²) < 4.78 is 55.5. The van der Waals surface area contributed by atoms with Gasteiger partial charge in [0.2, 0.25) is 0 Å². The maximum absolute atomic E-state index is 13.9. The highest BCUT2D eigenvalue weighted by molar-refractivity contribution is 7.80. The standard InChI is InChI=1S/C41H27F4NP2/c42-30-10-18-34(19-11-30)47(35-20-12-31(43)13-21-35)38-6-1-4-28(26-38)40-8-3-9-41(46-40)29-5-2-7-39(27-29)48(36-22-14-32(44)15-23-36)37-24-16-33(45)17-25-37/h1-27H. The third-order valence-corrected chi connectivity index (χ3v) is 12.7. The molecule has 0 bridgehead atoms. The van der Waals surface area contributed by atoms with Crippen LogP contribution in [-0.2, 0) is 0 Å². The first-order chi connectivity index (χ1) is 23.4. The highest BCUT2D eigenvalue weighted by Crippen LogP contribution is 2.36. The van der Waals surface area contributed by atoms with Crippen LogP contribution >= 0.6 is 15.8 Å². The zero-order valence-corrected chi connectivity index (χ0v) is 27.2. The summed E-state index contributed by atoms with van der Waals surface area (Å²) in [6.07, 6.45) is 0. The first-order valence-electron chi connectivity index (χ1n) is 15.2. The molecule has 234 valence electrons. The molecule has 6 aromatic carbocycles. The van der Waals surface area contributed by atoms with Crippen molar-refractivity contribution in [3.63, 3.8) is 0 Å². The first-order valence-corrected chi connectivity index (χ1v) is 17.9. The third-order valence-electron chi connectivity index (χ3n) is 7.89. The van der Waals surface area contributed by atoms with Gasteiger partial charge in [-0.15, -0.1) is 0 Å². The zero-order valence-electron chi connectivity index (χ0n) is 25.4. The van der Waals surface area contributed by atoms with Crippen molar-refractivity contribution in [3.8, 4) is 22.5 Å². The van der Waals surface area contributed by atoms with Crippen molar-refractivity contribution in [2.45, 2.75) is 0 Å². The summed E-state index contributed by atoms with van der Waals surface area (Å²) in [5.41, 5.74) is 3.41. The number of aromatic nitrogens is 1. The Morgan fingerprint density at radius 2 is 0.604 bits per heavy atom. The van der Waals surface area contributed by atoms with Gasteiger partial charge in [0.05, 0.1) is 11.4 Å². The van der Waals surface area contributed by atoms with E-state index in [1.54, 1.807) is 48.5 Å². The molecule has 1 heterocycles. The van der Waals surface area contributed by atoms with E-state index in [9.17, 15) is 17.6 Å². The van der Waals surface area contributed by atoms with Crippen molar-refractivity contribution in [3.05, 3.63) is 187 Å². The minimum Gasteiger partial charge on any atom is -0.248 e. The minimum absolute atomic E-state index is 0.311. The topological polar surface area (TPSA) is 12.9 Å². The third kappa shape index (κ3) is 6.99. The second-order valence-corrected chi connectivity index (χ2v) is 15.5. The number of nitrogens with zero attached hydrogens (tertiary/aromatic N) is 1. The molecule has 0 N–H and O–H groups in total. The Hall–Kier alpha value is -4.95. The van der Waals surface area contributed by atoms with E-state index in [-0.39, 0.29) is 23.3 Å². The maximum Gasteiger partial charge on any atom is 0.123 e. The van der Waals surface area contributed by atoms with Crippen molar-refractivity contribution in [2.24, 2.45) is 0 Å². The number of hydrogen-bond acceptors (Lipinski definition) is 1. The molecular weight excluding hydrogens is 644 g/mol. The van der Waals surface area contributed by atoms with Crippen LogP contribution in [0.3, 0.4) is 0 Å². The van der Waals surface area contributed by atoms with E-state index >= 15 is 0 Å². The molecule has 0 saturated heterocycles. The van der Waals surface area contributed by atoms with Crippen LogP contribution in [0.5, 0.6) is 0 Å². The van der Waals surface area contributed by atoms with E-state index in [4.69, 9.17) is 4.98 Å². The van der Waals surface area contributed by atoms with Gasteiger partial charge in [-0.2, -0.15) is 0 Å². The fourth-order valence-corrected chi connectivity index (χ4v) is 10.2. The Balaban J connectivity index is 1.26. The van der Waals surface area contributed by atoms with Gasteiger partial charge in [-0.05, 0) is 120 Å². The molecule has 7 heteroatoms. The second kappa shape index (κ2) is 14.0. The molecule has 0 fully saturated rings. The van der Waals surface area contributed by atoms with Crippen molar-refractivity contribution in [1.29, 1.82) is 0 Å². The molecular formula is C41H27F4NP2. The molecule has 0 amide bonds. The lowest BCUT2D eigenvalue weighted by Crippen LogP contribution is -2.21. The lowest BCUT2D eigenvalue weighted by molar-refractivity contribution is 0.628. The molecule has 7 rings (SSSR count). The molecule has 0 unspecified atom stereocenters. The molecule has 0 aliphatic rings. The Kier molecular flexibility index (Phi) is 9.25. The van der Waals surface area contributed by atoms with E-state index in [0.717, 1.165) is 54.3 Å². The van der Waals surface area contributed by atoms with Crippen LogP contribution in [0.15, 0.2) is 164 Å². The SMILES string of the molecule is Fc1ccc(P(c2ccc(F)cc2)c2cccc(-c3cccc(-c4cccc(P(c5ccc(F)cc5)c5ccc(F)cc5)c4)n3)c2)cc1. The van der Waals surface area contributed by atoms with Gasteiger partial charge in [0.1, 0.15) is 23.3 Å². The van der Waals surface area contributed by atoms with Gasteiger partial charge in [-0.1, -0.05) is 91.0 Å². The van der Waals surface area contributed by atoms with Crippen LogP contribution in [0.4, 0.5) is 17.6 Å². The van der Waals surface area contributed by atoms with Crippen LogP contribution in [0.2, 0.25) is 0 Å². The quantitative estimate of drug-likeness (QED) is 0.117. The number of benzene rings is 6. The highest BCUT2D eigenvalue weighted by atomic mass is 31.1. The lowest BCUT2D eigenvalue weighted by atomic mass is 10.1. The van der Waals surface area contributed by atoms with Crippen LogP contribution in [-0.4, -0.2) is 4.98 Å². The van der Waals surface area contributed by atoms with E-state index < -0.39 is 15.8 Å². The molecule has 0 aliphatic carbocycles. The van der Waals surface area contributed by atoms with E-state index in [2.05, 4.69) is 12.1 Å². The summed E-state index contributed by atoms with van der Waals surface area (Å²) in [6, 6.07) is 48.1. The number of rotatable bonds is 8. The van der Waals surface area contributed by atoms with Crippen molar-refractivity contribution < 1.29 is 17.6 Å². The summed E-state index contributed by atoms with van der Waals surface area (Å²) in [7, 11) is -2.19. The van der Waals surface area contributed by atoms with Gasteiger partial charge in [0.25, 0.3) is 0 Å². The summed E-state index contributed by atoms with van der Waals surface area (Å²) in [4.78, 5) is 5.07. The lowest BCUT2D eigenvalue weighted by Gasteiger charge is -2.20. The van der Waals surface area contributed by atoms with E-state index in [1.807, 2.05) is 54.6 Å². The molecule has 0 radical (unpaired) electrons. The van der Waals surface area contributed by atoms with Gasteiger partial charge in [0.15, 0.2) is 0 Å². The Bertz CT molecular complexity index is 1920. The molecule has 7 aromatic rings. The number of pyridine rings is 1. The van der Waals surface area contributed by atoms with Crippen molar-refractivity contribution >= 4 is 47.7 Å². The summed E-state index contributed by atoms with van der Waals surface area (Å²) in [5.74, 6) is -1.24. The molecule has 0 aliphatic heterocycles. The van der Waals surface area contributed by atoms with E-state index in [0.29, 0.717) is 0 Å². The number of hydrogen-bond donors (Lipinski definition) is 0. The maximum atomic E-state index is 13.9. The van der Waals surface area contributed by atoms with E-state index in [1.165, 1.54) is 48.5 Å².